The summed E-state index contributed by atoms with van der Waals surface area (Å²) in [6, 6.07) is 0. The van der Waals surface area contributed by atoms with E-state index in [2.05, 4.69) is 32.6 Å². The van der Waals surface area contributed by atoms with E-state index in [1.807, 2.05) is 13.8 Å². The first-order valence-electron chi connectivity index (χ1n) is 13.3. The predicted octanol–water partition coefficient (Wildman–Crippen LogP) is 6.48. The van der Waals surface area contributed by atoms with Crippen LogP contribution in [0.4, 0.5) is 0 Å². The van der Waals surface area contributed by atoms with Crippen molar-refractivity contribution in [2.24, 2.45) is 23.2 Å². The van der Waals surface area contributed by atoms with Gasteiger partial charge in [-0.05, 0) is 106 Å². The third-order valence-electron chi connectivity index (χ3n) is 9.65. The zero-order valence-corrected chi connectivity index (χ0v) is 21.1. The van der Waals surface area contributed by atoms with Gasteiger partial charge in [-0.15, -0.1) is 0 Å². The fraction of sp³-hybridized carbons (Fsp3) is 0.793. The van der Waals surface area contributed by atoms with Crippen molar-refractivity contribution in [1.29, 1.82) is 0 Å². The molecule has 0 aromatic carbocycles. The number of hydrogen-bond acceptors (Lipinski definition) is 3. The van der Waals surface area contributed by atoms with Crippen LogP contribution in [-0.2, 0) is 0 Å². The highest BCUT2D eigenvalue weighted by atomic mass is 16.3. The van der Waals surface area contributed by atoms with Gasteiger partial charge in [0, 0.05) is 0 Å². The van der Waals surface area contributed by atoms with Gasteiger partial charge in [0.2, 0.25) is 0 Å². The van der Waals surface area contributed by atoms with Crippen LogP contribution in [0, 0.1) is 23.2 Å². The Morgan fingerprint density at radius 1 is 1.12 bits per heavy atom. The minimum absolute atomic E-state index is 0.216. The van der Waals surface area contributed by atoms with E-state index in [0.29, 0.717) is 42.4 Å². The van der Waals surface area contributed by atoms with Gasteiger partial charge in [-0.25, -0.2) is 0 Å². The van der Waals surface area contributed by atoms with Crippen LogP contribution in [0.3, 0.4) is 0 Å². The molecule has 6 atom stereocenters. The SMILES string of the molecule is C=C1CC[C@H](O)C/C1=C/C=C1CCC[C@@]2(C)C1CC[C@@H]2[C@H](C)CC[C@@H](O)C(O)(CC)CC. The lowest BCUT2D eigenvalue weighted by atomic mass is 9.60. The predicted molar refractivity (Wildman–Crippen MR) is 133 cm³/mol. The third-order valence-corrected chi connectivity index (χ3v) is 9.65. The monoisotopic (exact) mass is 444 g/mol. The summed E-state index contributed by atoms with van der Waals surface area (Å²) in [5, 5.41) is 31.4. The van der Waals surface area contributed by atoms with Crippen LogP contribution in [0.5, 0.6) is 0 Å². The van der Waals surface area contributed by atoms with Crippen LogP contribution >= 0.6 is 0 Å². The summed E-state index contributed by atoms with van der Waals surface area (Å²) in [6.07, 6.45) is 15.4. The summed E-state index contributed by atoms with van der Waals surface area (Å²) in [5.41, 5.74) is 3.43. The van der Waals surface area contributed by atoms with Crippen LogP contribution < -0.4 is 0 Å². The van der Waals surface area contributed by atoms with E-state index >= 15 is 0 Å². The van der Waals surface area contributed by atoms with Gasteiger partial charge in [-0.2, -0.15) is 0 Å². The van der Waals surface area contributed by atoms with E-state index in [0.717, 1.165) is 25.7 Å². The Hall–Kier alpha value is -0.900. The molecule has 0 spiro atoms. The van der Waals surface area contributed by atoms with E-state index in [-0.39, 0.29) is 6.10 Å². The lowest BCUT2D eigenvalue weighted by Gasteiger charge is -2.44. The van der Waals surface area contributed by atoms with Crippen LogP contribution in [0.15, 0.2) is 35.5 Å². The number of allylic oxidation sites excluding steroid dienone is 4. The highest BCUT2D eigenvalue weighted by Gasteiger charge is 2.50. The molecule has 3 nitrogen and oxygen atoms in total. The summed E-state index contributed by atoms with van der Waals surface area (Å²) in [4.78, 5) is 0. The molecule has 182 valence electrons. The zero-order valence-electron chi connectivity index (χ0n) is 21.1. The van der Waals surface area contributed by atoms with Crippen molar-refractivity contribution >= 4 is 0 Å². The van der Waals surface area contributed by atoms with Crippen LogP contribution in [-0.4, -0.2) is 33.1 Å². The zero-order chi connectivity index (χ0) is 23.5. The fourth-order valence-corrected chi connectivity index (χ4v) is 7.22. The molecule has 0 amide bonds. The Labute approximate surface area is 196 Å². The second kappa shape index (κ2) is 10.6. The Balaban J connectivity index is 1.68. The van der Waals surface area contributed by atoms with Gasteiger partial charge in [0.05, 0.1) is 17.8 Å². The largest absolute Gasteiger partial charge is 0.393 e. The minimum Gasteiger partial charge on any atom is -0.393 e. The second-order valence-electron chi connectivity index (χ2n) is 11.4. The molecule has 0 heterocycles. The molecule has 0 aliphatic heterocycles. The highest BCUT2D eigenvalue weighted by Crippen LogP contribution is 2.60. The summed E-state index contributed by atoms with van der Waals surface area (Å²) >= 11 is 0. The van der Waals surface area contributed by atoms with E-state index < -0.39 is 11.7 Å². The highest BCUT2D eigenvalue weighted by molar-refractivity contribution is 5.36. The van der Waals surface area contributed by atoms with Crippen molar-refractivity contribution < 1.29 is 15.3 Å². The average molecular weight is 445 g/mol. The van der Waals surface area contributed by atoms with Gasteiger partial charge in [0.15, 0.2) is 0 Å². The smallest absolute Gasteiger partial charge is 0.0900 e. The first-order valence-corrected chi connectivity index (χ1v) is 13.3. The number of rotatable bonds is 8. The van der Waals surface area contributed by atoms with Crippen molar-refractivity contribution in [1.82, 2.24) is 0 Å². The summed E-state index contributed by atoms with van der Waals surface area (Å²) in [6.45, 7) is 13.0. The molecule has 0 aromatic rings. The maximum atomic E-state index is 10.7. The van der Waals surface area contributed by atoms with Gasteiger partial charge in [-0.3, -0.25) is 0 Å². The van der Waals surface area contributed by atoms with Gasteiger partial charge < -0.3 is 15.3 Å². The minimum atomic E-state index is -0.938. The molecule has 3 saturated carbocycles. The summed E-state index contributed by atoms with van der Waals surface area (Å²) in [5.74, 6) is 1.89. The maximum Gasteiger partial charge on any atom is 0.0900 e. The normalized spacial score (nSPS) is 35.8. The van der Waals surface area contributed by atoms with Gasteiger partial charge in [-0.1, -0.05) is 57.6 Å². The molecule has 3 aliphatic rings. The van der Waals surface area contributed by atoms with Crippen molar-refractivity contribution in [3.05, 3.63) is 35.5 Å². The molecule has 0 radical (unpaired) electrons. The number of aliphatic hydroxyl groups excluding tert-OH is 2. The Morgan fingerprint density at radius 2 is 1.84 bits per heavy atom. The topological polar surface area (TPSA) is 60.7 Å². The van der Waals surface area contributed by atoms with Gasteiger partial charge in [0.1, 0.15) is 0 Å². The van der Waals surface area contributed by atoms with Crippen molar-refractivity contribution in [2.45, 2.75) is 123 Å². The molecular weight excluding hydrogens is 396 g/mol. The second-order valence-corrected chi connectivity index (χ2v) is 11.4. The first-order chi connectivity index (χ1) is 15.1. The Morgan fingerprint density at radius 3 is 2.53 bits per heavy atom. The lowest BCUT2D eigenvalue weighted by molar-refractivity contribution is -0.0858. The third kappa shape index (κ3) is 5.26. The van der Waals surface area contributed by atoms with Crippen LogP contribution in [0.25, 0.3) is 0 Å². The number of fused-ring (bicyclic) bond motifs is 1. The molecule has 3 aliphatic carbocycles. The quantitative estimate of drug-likeness (QED) is 0.401. The van der Waals surface area contributed by atoms with Crippen molar-refractivity contribution in [2.75, 3.05) is 0 Å². The van der Waals surface area contributed by atoms with E-state index in [1.54, 1.807) is 5.57 Å². The molecule has 3 heteroatoms. The number of hydrogen-bond donors (Lipinski definition) is 3. The summed E-state index contributed by atoms with van der Waals surface area (Å²) in [7, 11) is 0. The molecule has 0 aromatic heterocycles. The fourth-order valence-electron chi connectivity index (χ4n) is 7.22. The molecular formula is C29H48O3. The Bertz CT molecular complexity index is 716. The molecule has 3 fully saturated rings. The van der Waals surface area contributed by atoms with E-state index in [4.69, 9.17) is 0 Å². The number of aliphatic hydroxyl groups is 3. The van der Waals surface area contributed by atoms with Crippen LogP contribution in [0.2, 0.25) is 0 Å². The Kier molecular flexibility index (Phi) is 8.50. The molecule has 0 bridgehead atoms. The van der Waals surface area contributed by atoms with Gasteiger partial charge >= 0.3 is 0 Å². The van der Waals surface area contributed by atoms with Crippen LogP contribution in [0.1, 0.15) is 105 Å². The molecule has 1 unspecified atom stereocenters. The standard InChI is InChI=1S/C29H48O3/c1-6-29(32,7-2)27(31)17-11-21(4)25-15-16-26-22(9-8-18-28(25,26)5)12-13-23-19-24(30)14-10-20(23)3/h12-13,21,24-27,30-32H,3,6-11,14-19H2,1-2,4-5H3/b22-12?,23-13-/t21-,24+,25-,26?,27-,28-/m1/s1. The van der Waals surface area contributed by atoms with Crippen molar-refractivity contribution in [3.63, 3.8) is 0 Å². The lowest BCUT2D eigenvalue weighted by Crippen LogP contribution is -2.42. The van der Waals surface area contributed by atoms with Crippen molar-refractivity contribution in [3.8, 4) is 0 Å². The van der Waals surface area contributed by atoms with E-state index in [9.17, 15) is 15.3 Å². The van der Waals surface area contributed by atoms with Gasteiger partial charge in [0.25, 0.3) is 0 Å². The molecule has 3 rings (SSSR count). The molecule has 32 heavy (non-hydrogen) atoms. The maximum absolute atomic E-state index is 10.7. The summed E-state index contributed by atoms with van der Waals surface area (Å²) < 4.78 is 0. The van der Waals surface area contributed by atoms with E-state index in [1.165, 1.54) is 43.3 Å². The average Bonchev–Trinajstić information content (AvgIpc) is 3.14. The first kappa shape index (κ1) is 25.7. The molecule has 0 saturated heterocycles. The molecule has 3 N–H and O–H groups in total.